The number of hydrogen-bond donors (Lipinski definition) is 2. The Kier molecular flexibility index (Phi) is 5.74. The number of carbonyl (C=O) groups excluding carboxylic acids is 1. The van der Waals surface area contributed by atoms with Gasteiger partial charge in [-0.25, -0.2) is 0 Å². The maximum Gasteiger partial charge on any atom is 0.248 e. The normalized spacial score (nSPS) is 12.0. The summed E-state index contributed by atoms with van der Waals surface area (Å²) in [7, 11) is 0. The van der Waals surface area contributed by atoms with Gasteiger partial charge in [0.05, 0.1) is 0 Å². The van der Waals surface area contributed by atoms with E-state index in [0.29, 0.717) is 16.6 Å². The van der Waals surface area contributed by atoms with E-state index in [9.17, 15) is 4.79 Å². The highest BCUT2D eigenvalue weighted by Gasteiger charge is 2.18. The van der Waals surface area contributed by atoms with Crippen LogP contribution in [-0.2, 0) is 11.2 Å². The number of nitrogens with one attached hydrogen (secondary N) is 2. The van der Waals surface area contributed by atoms with Crippen molar-refractivity contribution in [3.8, 4) is 0 Å². The predicted molar refractivity (Wildman–Crippen MR) is 91.8 cm³/mol. The van der Waals surface area contributed by atoms with E-state index in [1.165, 1.54) is 11.3 Å². The molecule has 0 unspecified atom stereocenters. The molecule has 1 aromatic heterocycles. The van der Waals surface area contributed by atoms with E-state index in [4.69, 9.17) is 11.6 Å². The molecule has 1 aromatic carbocycles. The summed E-state index contributed by atoms with van der Waals surface area (Å²) in [5.41, 5.74) is 1.83. The van der Waals surface area contributed by atoms with Crippen molar-refractivity contribution in [2.45, 2.75) is 39.7 Å². The number of aryl methyl sites for hydroxylation is 2. The lowest BCUT2D eigenvalue weighted by molar-refractivity contribution is -0.117. The molecule has 118 valence electrons. The third kappa shape index (κ3) is 4.18. The summed E-state index contributed by atoms with van der Waals surface area (Å²) in [6.45, 7) is 5.89. The topological polar surface area (TPSA) is 66.9 Å². The molecule has 0 saturated carbocycles. The smallest absolute Gasteiger partial charge is 0.248 e. The molecule has 1 heterocycles. The van der Waals surface area contributed by atoms with Crippen LogP contribution in [0.4, 0.5) is 10.8 Å². The monoisotopic (exact) mass is 338 g/mol. The molecule has 2 rings (SSSR count). The Hall–Kier alpha value is -1.66. The van der Waals surface area contributed by atoms with Crippen molar-refractivity contribution in [1.82, 2.24) is 10.2 Å². The molecule has 0 saturated heterocycles. The van der Waals surface area contributed by atoms with E-state index in [1.54, 1.807) is 0 Å². The lowest BCUT2D eigenvalue weighted by atomic mass is 10.1. The number of carbonyl (C=O) groups is 1. The van der Waals surface area contributed by atoms with Gasteiger partial charge in [-0.15, -0.1) is 10.2 Å². The Morgan fingerprint density at radius 3 is 2.73 bits per heavy atom. The number of hydrogen-bond acceptors (Lipinski definition) is 5. The van der Waals surface area contributed by atoms with Crippen LogP contribution in [-0.4, -0.2) is 22.1 Å². The summed E-state index contributed by atoms with van der Waals surface area (Å²) in [5.74, 6) is -0.127. The van der Waals surface area contributed by atoms with Crippen LogP contribution in [0.2, 0.25) is 5.02 Å². The third-order valence-electron chi connectivity index (χ3n) is 3.24. The molecular weight excluding hydrogens is 320 g/mol. The summed E-state index contributed by atoms with van der Waals surface area (Å²) in [4.78, 5) is 12.3. The standard InChI is InChI=1S/C15H19ClN4OS/c1-4-12(17-10-7-6-9(3)11(16)8-10)14(21)18-15-20-19-13(5-2)22-15/h6-8,12,17H,4-5H2,1-3H3,(H,18,20,21)/t12-/m0/s1. The average molecular weight is 339 g/mol. The summed E-state index contributed by atoms with van der Waals surface area (Å²) in [5, 5.41) is 16.1. The first-order valence-corrected chi connectivity index (χ1v) is 8.38. The van der Waals surface area contributed by atoms with Crippen molar-refractivity contribution >= 4 is 39.7 Å². The van der Waals surface area contributed by atoms with Gasteiger partial charge in [-0.2, -0.15) is 0 Å². The molecule has 0 radical (unpaired) electrons. The van der Waals surface area contributed by atoms with Gasteiger partial charge >= 0.3 is 0 Å². The van der Waals surface area contributed by atoms with Crippen LogP contribution >= 0.6 is 22.9 Å². The molecule has 2 aromatic rings. The zero-order valence-electron chi connectivity index (χ0n) is 12.8. The number of anilines is 2. The molecule has 7 heteroatoms. The Morgan fingerprint density at radius 2 is 2.14 bits per heavy atom. The molecular formula is C15H19ClN4OS. The number of rotatable bonds is 6. The fourth-order valence-corrected chi connectivity index (χ4v) is 2.74. The number of nitrogens with zero attached hydrogens (tertiary/aromatic N) is 2. The Balaban J connectivity index is 2.03. The summed E-state index contributed by atoms with van der Waals surface area (Å²) < 4.78 is 0. The van der Waals surface area contributed by atoms with Gasteiger partial charge in [-0.3, -0.25) is 10.1 Å². The third-order valence-corrected chi connectivity index (χ3v) is 4.63. The largest absolute Gasteiger partial charge is 0.374 e. The maximum absolute atomic E-state index is 12.3. The SMILES string of the molecule is CCc1nnc(NC(=O)[C@H](CC)Nc2ccc(C)c(Cl)c2)s1. The van der Waals surface area contributed by atoms with Gasteiger partial charge in [0.1, 0.15) is 11.0 Å². The first-order valence-electron chi connectivity index (χ1n) is 7.19. The van der Waals surface area contributed by atoms with Crippen molar-refractivity contribution in [1.29, 1.82) is 0 Å². The molecule has 1 atom stereocenters. The second kappa shape index (κ2) is 7.56. The van der Waals surface area contributed by atoms with Crippen LogP contribution in [0.15, 0.2) is 18.2 Å². The molecule has 0 aliphatic rings. The quantitative estimate of drug-likeness (QED) is 0.838. The fraction of sp³-hybridized carbons (Fsp3) is 0.400. The van der Waals surface area contributed by atoms with E-state index in [2.05, 4.69) is 20.8 Å². The van der Waals surface area contributed by atoms with Crippen LogP contribution in [0.3, 0.4) is 0 Å². The van der Waals surface area contributed by atoms with Gasteiger partial charge in [0, 0.05) is 10.7 Å². The van der Waals surface area contributed by atoms with Gasteiger partial charge < -0.3 is 5.32 Å². The summed E-state index contributed by atoms with van der Waals surface area (Å²) in [6.07, 6.45) is 1.46. The van der Waals surface area contributed by atoms with Crippen LogP contribution in [0.25, 0.3) is 0 Å². The maximum atomic E-state index is 12.3. The number of amides is 1. The van der Waals surface area contributed by atoms with Crippen LogP contribution in [0, 0.1) is 6.92 Å². The van der Waals surface area contributed by atoms with E-state index < -0.39 is 0 Å². The van der Waals surface area contributed by atoms with Crippen molar-refractivity contribution in [3.05, 3.63) is 33.8 Å². The van der Waals surface area contributed by atoms with Gasteiger partial charge in [-0.05, 0) is 37.5 Å². The first-order chi connectivity index (χ1) is 10.5. The van der Waals surface area contributed by atoms with Gasteiger partial charge in [0.15, 0.2) is 0 Å². The van der Waals surface area contributed by atoms with Crippen molar-refractivity contribution in [2.24, 2.45) is 0 Å². The lowest BCUT2D eigenvalue weighted by Gasteiger charge is -2.17. The van der Waals surface area contributed by atoms with Gasteiger partial charge in [0.2, 0.25) is 11.0 Å². The first kappa shape index (κ1) is 16.7. The van der Waals surface area contributed by atoms with E-state index in [0.717, 1.165) is 22.7 Å². The van der Waals surface area contributed by atoms with Crippen LogP contribution in [0.1, 0.15) is 30.8 Å². The highest BCUT2D eigenvalue weighted by Crippen LogP contribution is 2.21. The molecule has 0 aliphatic carbocycles. The average Bonchev–Trinajstić information content (AvgIpc) is 2.95. The van der Waals surface area contributed by atoms with E-state index in [1.807, 2.05) is 39.0 Å². The lowest BCUT2D eigenvalue weighted by Crippen LogP contribution is -2.34. The minimum absolute atomic E-state index is 0.127. The highest BCUT2D eigenvalue weighted by molar-refractivity contribution is 7.15. The summed E-state index contributed by atoms with van der Waals surface area (Å²) >= 11 is 7.51. The number of aromatic nitrogens is 2. The van der Waals surface area contributed by atoms with Crippen LogP contribution in [0.5, 0.6) is 0 Å². The summed E-state index contributed by atoms with van der Waals surface area (Å²) in [6, 6.07) is 5.31. The van der Waals surface area contributed by atoms with Gasteiger partial charge in [-0.1, -0.05) is 42.9 Å². The van der Waals surface area contributed by atoms with Crippen molar-refractivity contribution < 1.29 is 4.79 Å². The van der Waals surface area contributed by atoms with Crippen LogP contribution < -0.4 is 10.6 Å². The van der Waals surface area contributed by atoms with E-state index in [-0.39, 0.29) is 11.9 Å². The number of halogens is 1. The molecule has 0 bridgehead atoms. The fourth-order valence-electron chi connectivity index (χ4n) is 1.88. The Morgan fingerprint density at radius 1 is 1.36 bits per heavy atom. The highest BCUT2D eigenvalue weighted by atomic mass is 35.5. The molecule has 0 fully saturated rings. The van der Waals surface area contributed by atoms with Crippen molar-refractivity contribution in [2.75, 3.05) is 10.6 Å². The Labute approximate surface area is 139 Å². The zero-order valence-corrected chi connectivity index (χ0v) is 14.4. The second-order valence-electron chi connectivity index (χ2n) is 4.91. The molecule has 5 nitrogen and oxygen atoms in total. The Bertz CT molecular complexity index is 659. The van der Waals surface area contributed by atoms with E-state index >= 15 is 0 Å². The molecule has 2 N–H and O–H groups in total. The van der Waals surface area contributed by atoms with Crippen molar-refractivity contribution in [3.63, 3.8) is 0 Å². The molecule has 0 spiro atoms. The molecule has 1 amide bonds. The van der Waals surface area contributed by atoms with Gasteiger partial charge in [0.25, 0.3) is 0 Å². The zero-order chi connectivity index (χ0) is 16.1. The minimum atomic E-state index is -0.354. The predicted octanol–water partition coefficient (Wildman–Crippen LogP) is 3.89. The molecule has 22 heavy (non-hydrogen) atoms. The number of benzene rings is 1. The molecule has 0 aliphatic heterocycles. The second-order valence-corrected chi connectivity index (χ2v) is 6.38. The minimum Gasteiger partial charge on any atom is -0.374 e.